The molecular weight excluding hydrogens is 406 g/mol. The number of hydrogen-bond donors (Lipinski definition) is 4. The van der Waals surface area contributed by atoms with Gasteiger partial charge in [0, 0.05) is 22.4 Å². The van der Waals surface area contributed by atoms with Crippen molar-refractivity contribution in [3.63, 3.8) is 0 Å². The molecule has 1 amide bonds. The molecule has 5 rings (SSSR count). The Kier molecular flexibility index (Phi) is 4.04. The lowest BCUT2D eigenvalue weighted by Gasteiger charge is -2.26. The lowest BCUT2D eigenvalue weighted by Crippen LogP contribution is -2.31. The maximum absolute atomic E-state index is 11.5. The molecule has 2 aliphatic rings. The van der Waals surface area contributed by atoms with Gasteiger partial charge in [-0.1, -0.05) is 25.4 Å². The highest BCUT2D eigenvalue weighted by molar-refractivity contribution is 6.32. The number of nitrogen functional groups attached to an aromatic ring is 1. The summed E-state index contributed by atoms with van der Waals surface area (Å²) in [6.45, 7) is 4.25. The summed E-state index contributed by atoms with van der Waals surface area (Å²) < 4.78 is 5.97. The van der Waals surface area contributed by atoms with E-state index in [2.05, 4.69) is 29.1 Å². The van der Waals surface area contributed by atoms with Crippen LogP contribution in [0.2, 0.25) is 5.15 Å². The summed E-state index contributed by atoms with van der Waals surface area (Å²) in [5.41, 5.74) is 12.6. The van der Waals surface area contributed by atoms with E-state index in [1.807, 2.05) is 0 Å². The molecule has 156 valence electrons. The minimum Gasteiger partial charge on any atom is -0.456 e. The number of rotatable bonds is 4. The summed E-state index contributed by atoms with van der Waals surface area (Å²) in [6.07, 6.45) is 0.584. The second-order valence-electron chi connectivity index (χ2n) is 8.52. The van der Waals surface area contributed by atoms with Crippen LogP contribution in [0.25, 0.3) is 22.3 Å². The van der Waals surface area contributed by atoms with Crippen LogP contribution in [0.5, 0.6) is 0 Å². The molecule has 0 spiro atoms. The lowest BCUT2D eigenvalue weighted by atomic mass is 9.90. The Balaban J connectivity index is 1.54. The van der Waals surface area contributed by atoms with Crippen molar-refractivity contribution in [2.75, 3.05) is 11.1 Å². The molecule has 5 unspecified atom stereocenters. The third kappa shape index (κ3) is 2.67. The zero-order valence-electron chi connectivity index (χ0n) is 16.5. The molecule has 3 aromatic rings. The van der Waals surface area contributed by atoms with Gasteiger partial charge in [0.1, 0.15) is 22.3 Å². The Morgan fingerprint density at radius 2 is 2.13 bits per heavy atom. The highest BCUT2D eigenvalue weighted by atomic mass is 35.5. The highest BCUT2D eigenvalue weighted by Gasteiger charge is 2.69. The molecule has 9 heteroatoms. The summed E-state index contributed by atoms with van der Waals surface area (Å²) in [6, 6.07) is 6.84. The van der Waals surface area contributed by atoms with Gasteiger partial charge >= 0.3 is 0 Å². The molecule has 1 aromatic carbocycles. The van der Waals surface area contributed by atoms with Crippen molar-refractivity contribution in [2.45, 2.75) is 32.4 Å². The van der Waals surface area contributed by atoms with E-state index in [1.165, 1.54) is 0 Å². The number of nitrogens with zero attached hydrogens (tertiary/aromatic N) is 2. The van der Waals surface area contributed by atoms with E-state index in [1.54, 1.807) is 24.3 Å². The SMILES string of the molecule is CC1C(Nc2nc(N)nc(Cl)c2-c2cc3cc(C(N)=O)ccc3o2)CC2C(O)C12C. The summed E-state index contributed by atoms with van der Waals surface area (Å²) in [5.74, 6) is 1.01. The molecule has 0 bridgehead atoms. The fraction of sp³-hybridized carbons (Fsp3) is 0.381. The van der Waals surface area contributed by atoms with Crippen molar-refractivity contribution in [1.29, 1.82) is 0 Å². The molecule has 2 aromatic heterocycles. The maximum Gasteiger partial charge on any atom is 0.248 e. The molecule has 8 nitrogen and oxygen atoms in total. The van der Waals surface area contributed by atoms with Crippen LogP contribution < -0.4 is 16.8 Å². The number of hydrogen-bond acceptors (Lipinski definition) is 7. The van der Waals surface area contributed by atoms with Crippen molar-refractivity contribution < 1.29 is 14.3 Å². The summed E-state index contributed by atoms with van der Waals surface area (Å²) in [4.78, 5) is 19.9. The van der Waals surface area contributed by atoms with Crippen LogP contribution in [0, 0.1) is 17.3 Å². The van der Waals surface area contributed by atoms with Gasteiger partial charge in [-0.15, -0.1) is 0 Å². The van der Waals surface area contributed by atoms with E-state index >= 15 is 0 Å². The maximum atomic E-state index is 11.5. The van der Waals surface area contributed by atoms with E-state index in [9.17, 15) is 9.90 Å². The number of carbonyl (C=O) groups is 1. The predicted molar refractivity (Wildman–Crippen MR) is 114 cm³/mol. The smallest absolute Gasteiger partial charge is 0.248 e. The van der Waals surface area contributed by atoms with E-state index in [0.29, 0.717) is 33.7 Å². The molecule has 2 saturated carbocycles. The number of nitrogens with one attached hydrogen (secondary N) is 1. The van der Waals surface area contributed by atoms with E-state index in [4.69, 9.17) is 27.5 Å². The molecule has 0 aliphatic heterocycles. The number of furan rings is 1. The highest BCUT2D eigenvalue weighted by Crippen LogP contribution is 2.66. The Morgan fingerprint density at radius 3 is 2.80 bits per heavy atom. The number of aliphatic hydroxyl groups is 1. The number of benzene rings is 1. The van der Waals surface area contributed by atoms with Gasteiger partial charge in [-0.3, -0.25) is 4.79 Å². The first-order valence-corrected chi connectivity index (χ1v) is 10.2. The first-order valence-electron chi connectivity index (χ1n) is 9.81. The minimum atomic E-state index is -0.514. The van der Waals surface area contributed by atoms with Crippen molar-refractivity contribution in [3.8, 4) is 11.3 Å². The van der Waals surface area contributed by atoms with Gasteiger partial charge in [-0.25, -0.2) is 4.98 Å². The fourth-order valence-electron chi connectivity index (χ4n) is 4.95. The molecule has 2 heterocycles. The molecule has 5 atom stereocenters. The third-order valence-corrected chi connectivity index (χ3v) is 7.33. The molecule has 0 saturated heterocycles. The fourth-order valence-corrected chi connectivity index (χ4v) is 5.22. The summed E-state index contributed by atoms with van der Waals surface area (Å²) in [7, 11) is 0. The second kappa shape index (κ2) is 6.33. The molecule has 2 fully saturated rings. The number of fused-ring (bicyclic) bond motifs is 2. The van der Waals surface area contributed by atoms with Crippen LogP contribution in [0.15, 0.2) is 28.7 Å². The van der Waals surface area contributed by atoms with Gasteiger partial charge in [-0.2, -0.15) is 4.98 Å². The normalized spacial score (nSPS) is 29.7. The van der Waals surface area contributed by atoms with Crippen LogP contribution in [0.1, 0.15) is 30.6 Å². The van der Waals surface area contributed by atoms with Crippen LogP contribution >= 0.6 is 11.6 Å². The first kappa shape index (κ1) is 19.1. The van der Waals surface area contributed by atoms with Crippen LogP contribution in [0.4, 0.5) is 11.8 Å². The van der Waals surface area contributed by atoms with Crippen molar-refractivity contribution >= 4 is 40.2 Å². The van der Waals surface area contributed by atoms with Gasteiger partial charge in [-0.05, 0) is 42.5 Å². The number of aromatic nitrogens is 2. The Morgan fingerprint density at radius 1 is 1.37 bits per heavy atom. The van der Waals surface area contributed by atoms with Gasteiger partial charge < -0.3 is 26.3 Å². The molecule has 6 N–H and O–H groups in total. The average Bonchev–Trinajstić information content (AvgIpc) is 2.97. The minimum absolute atomic E-state index is 0.0560. The van der Waals surface area contributed by atoms with Crippen molar-refractivity contribution in [1.82, 2.24) is 9.97 Å². The van der Waals surface area contributed by atoms with Crippen LogP contribution in [0.3, 0.4) is 0 Å². The monoisotopic (exact) mass is 427 g/mol. The summed E-state index contributed by atoms with van der Waals surface area (Å²) in [5, 5.41) is 14.5. The topological polar surface area (TPSA) is 140 Å². The van der Waals surface area contributed by atoms with Gasteiger partial charge in [0.15, 0.2) is 0 Å². The number of aliphatic hydroxyl groups excluding tert-OH is 1. The number of anilines is 2. The van der Waals surface area contributed by atoms with E-state index in [0.717, 1.165) is 6.42 Å². The Hall–Kier alpha value is -2.84. The Labute approximate surface area is 177 Å². The van der Waals surface area contributed by atoms with E-state index in [-0.39, 0.29) is 40.5 Å². The third-order valence-electron chi connectivity index (χ3n) is 7.05. The van der Waals surface area contributed by atoms with Crippen LogP contribution in [-0.2, 0) is 0 Å². The zero-order chi connectivity index (χ0) is 21.4. The zero-order valence-corrected chi connectivity index (χ0v) is 17.3. The number of halogens is 1. The van der Waals surface area contributed by atoms with Gasteiger partial charge in [0.25, 0.3) is 0 Å². The number of carbonyl (C=O) groups excluding carboxylic acids is 1. The van der Waals surface area contributed by atoms with Gasteiger partial charge in [0.2, 0.25) is 11.9 Å². The molecule has 0 radical (unpaired) electrons. The standard InChI is InChI=1S/C21H22ClN5O3/c1-8-12(7-11-16(28)21(8,11)2)25-19-15(17(22)26-20(24)27-19)14-6-10-5-9(18(23)29)3-4-13(10)30-14/h3-6,8,11-12,16,28H,7H2,1-2H3,(H2,23,29)(H3,24,25,26,27). The number of amides is 1. The first-order chi connectivity index (χ1) is 14.2. The van der Waals surface area contributed by atoms with Crippen molar-refractivity contribution in [2.24, 2.45) is 23.0 Å². The van der Waals surface area contributed by atoms with Gasteiger partial charge in [0.05, 0.1) is 11.7 Å². The summed E-state index contributed by atoms with van der Waals surface area (Å²) >= 11 is 6.44. The lowest BCUT2D eigenvalue weighted by molar-refractivity contribution is 0.100. The number of nitrogens with two attached hydrogens (primary N) is 2. The predicted octanol–water partition coefficient (Wildman–Crippen LogP) is 3.04. The quantitative estimate of drug-likeness (QED) is 0.469. The Bertz CT molecular complexity index is 1190. The molecule has 30 heavy (non-hydrogen) atoms. The number of primary amides is 1. The van der Waals surface area contributed by atoms with Crippen molar-refractivity contribution in [3.05, 3.63) is 35.0 Å². The molecule has 2 aliphatic carbocycles. The molecular formula is C21H22ClN5O3. The van der Waals surface area contributed by atoms with Crippen LogP contribution in [-0.4, -0.2) is 33.1 Å². The average molecular weight is 428 g/mol. The second-order valence-corrected chi connectivity index (χ2v) is 8.87. The van der Waals surface area contributed by atoms with E-state index < -0.39 is 5.91 Å². The largest absolute Gasteiger partial charge is 0.456 e.